The van der Waals surface area contributed by atoms with Crippen molar-refractivity contribution in [2.24, 2.45) is 5.73 Å². The highest BCUT2D eigenvalue weighted by molar-refractivity contribution is 7.98. The number of nitrogens with one attached hydrogen (secondary N) is 3. The fourth-order valence-electron chi connectivity index (χ4n) is 4.95. The lowest BCUT2D eigenvalue weighted by molar-refractivity contribution is -0.139. The summed E-state index contributed by atoms with van der Waals surface area (Å²) in [5, 5.41) is 22.0. The topological polar surface area (TPSA) is 155 Å². The Morgan fingerprint density at radius 3 is 2.46 bits per heavy atom. The van der Waals surface area contributed by atoms with Gasteiger partial charge in [0.05, 0.1) is 19.0 Å². The van der Waals surface area contributed by atoms with Crippen molar-refractivity contribution in [2.75, 3.05) is 13.7 Å². The molecule has 4 rings (SSSR count). The molecule has 0 aliphatic rings. The van der Waals surface area contributed by atoms with Crippen molar-refractivity contribution >= 4 is 41.2 Å². The number of hydrogen-bond donors (Lipinski definition) is 5. The summed E-state index contributed by atoms with van der Waals surface area (Å²) in [6.45, 7) is 4.08. The maximum Gasteiger partial charge on any atom is 0.326 e. The first-order valence-electron chi connectivity index (χ1n) is 14.6. The number of hydrogen-bond acceptors (Lipinski definition) is 6. The van der Waals surface area contributed by atoms with E-state index in [0.29, 0.717) is 23.0 Å². The number of imidazole rings is 1. The Balaban J connectivity index is 1.59. The van der Waals surface area contributed by atoms with Gasteiger partial charge in [0.15, 0.2) is 22.7 Å². The Bertz CT molecular complexity index is 1800. The first kappa shape index (κ1) is 36.2. The molecule has 1 heterocycles. The van der Waals surface area contributed by atoms with Crippen molar-refractivity contribution in [1.82, 2.24) is 20.2 Å². The van der Waals surface area contributed by atoms with E-state index in [4.69, 9.17) is 27.5 Å². The molecular weight excluding hydrogens is 669 g/mol. The maximum atomic E-state index is 15.4. The monoisotopic (exact) mass is 702 g/mol. The number of nitrogens with two attached hydrogens (primary N) is 1. The fraction of sp³-hybridized carbons (Fsp3) is 0.273. The summed E-state index contributed by atoms with van der Waals surface area (Å²) in [5.41, 5.74) is 6.37. The first-order chi connectivity index (χ1) is 22.7. The second-order valence-electron chi connectivity index (χ2n) is 11.3. The predicted octanol–water partition coefficient (Wildman–Crippen LogP) is 6.02. The second kappa shape index (κ2) is 15.5. The zero-order valence-electron chi connectivity index (χ0n) is 26.2. The number of carbonyl (C=O) groups excluding carboxylic acids is 1. The Morgan fingerprint density at radius 2 is 1.83 bits per heavy atom. The average Bonchev–Trinajstić information content (AvgIpc) is 3.47. The van der Waals surface area contributed by atoms with Crippen LogP contribution in [0.5, 0.6) is 5.75 Å². The van der Waals surface area contributed by atoms with Crippen LogP contribution in [0.25, 0.3) is 5.69 Å². The van der Waals surface area contributed by atoms with Crippen LogP contribution in [0.1, 0.15) is 53.9 Å². The van der Waals surface area contributed by atoms with E-state index in [1.165, 1.54) is 31.4 Å². The van der Waals surface area contributed by atoms with E-state index < -0.39 is 40.8 Å². The molecule has 0 bridgehead atoms. The first-order valence-corrected chi connectivity index (χ1v) is 16.0. The number of carboxylic acids is 1. The van der Waals surface area contributed by atoms with Gasteiger partial charge < -0.3 is 26.2 Å². The van der Waals surface area contributed by atoms with Gasteiger partial charge in [-0.3, -0.25) is 14.8 Å². The van der Waals surface area contributed by atoms with Crippen molar-refractivity contribution in [3.8, 4) is 11.4 Å². The molecule has 0 fully saturated rings. The minimum absolute atomic E-state index is 0.00405. The highest BCUT2D eigenvalue weighted by Gasteiger charge is 2.31. The molecule has 0 aliphatic carbocycles. The van der Waals surface area contributed by atoms with E-state index in [-0.39, 0.29) is 46.6 Å². The van der Waals surface area contributed by atoms with Crippen molar-refractivity contribution < 1.29 is 32.6 Å². The number of amides is 1. The SMILES string of the molecule is COc1cc(C(C)(C)c2cnc(SCc3c(F)cc(C(=O)N[C@H](CCCNC(=N)N)C(=O)O)cc3Cl)n2-c2ccc(F)cc2)ccc1F. The van der Waals surface area contributed by atoms with Crippen LogP contribution in [0.15, 0.2) is 66.0 Å². The standard InChI is InChI=1S/C33H34ClF3N6O4S/c1-33(2,19-6-11-24(36)27(15-19)47-3)28-16-41-32(43(28)21-9-7-20(35)8-10-21)48-17-22-23(34)13-18(14-25(22)37)29(44)42-26(30(45)46)5-4-12-40-31(38)39/h6-11,13-16,26H,4-5,12,17H2,1-3H3,(H,42,44)(H,45,46)(H4,38,39,40)/t26-/m1/s1. The van der Waals surface area contributed by atoms with Crippen LogP contribution in [0.2, 0.25) is 5.02 Å². The van der Waals surface area contributed by atoms with Gasteiger partial charge in [-0.25, -0.2) is 22.9 Å². The number of guanidine groups is 1. The van der Waals surface area contributed by atoms with E-state index in [2.05, 4.69) is 15.6 Å². The number of rotatable bonds is 14. The third-order valence-electron chi connectivity index (χ3n) is 7.66. The van der Waals surface area contributed by atoms with Gasteiger partial charge >= 0.3 is 5.97 Å². The summed E-state index contributed by atoms with van der Waals surface area (Å²) < 4.78 is 50.5. The zero-order valence-corrected chi connectivity index (χ0v) is 27.8. The second-order valence-corrected chi connectivity index (χ2v) is 12.6. The number of benzene rings is 3. The zero-order chi connectivity index (χ0) is 35.2. The lowest BCUT2D eigenvalue weighted by Crippen LogP contribution is -2.41. The van der Waals surface area contributed by atoms with E-state index in [0.717, 1.165) is 23.4 Å². The smallest absolute Gasteiger partial charge is 0.326 e. The number of carbonyl (C=O) groups is 2. The number of ether oxygens (including phenoxy) is 1. The average molecular weight is 703 g/mol. The number of methoxy groups -OCH3 is 1. The fourth-order valence-corrected chi connectivity index (χ4v) is 6.33. The van der Waals surface area contributed by atoms with Crippen LogP contribution in [0.4, 0.5) is 13.2 Å². The van der Waals surface area contributed by atoms with E-state index in [1.807, 2.05) is 13.8 Å². The van der Waals surface area contributed by atoms with E-state index >= 15 is 4.39 Å². The van der Waals surface area contributed by atoms with Crippen molar-refractivity contribution in [3.63, 3.8) is 0 Å². The molecule has 0 unspecified atom stereocenters. The van der Waals surface area contributed by atoms with Crippen molar-refractivity contribution in [3.05, 3.63) is 106 Å². The summed E-state index contributed by atoms with van der Waals surface area (Å²) in [7, 11) is 1.38. The minimum atomic E-state index is -1.27. The highest BCUT2D eigenvalue weighted by Crippen LogP contribution is 2.39. The molecule has 0 saturated carbocycles. The number of halogens is 4. The molecule has 4 aromatic rings. The summed E-state index contributed by atoms with van der Waals surface area (Å²) in [4.78, 5) is 29.1. The molecule has 1 aromatic heterocycles. The largest absolute Gasteiger partial charge is 0.494 e. The molecule has 254 valence electrons. The molecule has 0 radical (unpaired) electrons. The lowest BCUT2D eigenvalue weighted by atomic mass is 9.81. The minimum Gasteiger partial charge on any atom is -0.494 e. The quantitative estimate of drug-likeness (QED) is 0.0463. The van der Waals surface area contributed by atoms with Gasteiger partial charge in [-0.2, -0.15) is 0 Å². The molecule has 1 amide bonds. The van der Waals surface area contributed by atoms with Gasteiger partial charge in [-0.15, -0.1) is 0 Å². The molecule has 1 atom stereocenters. The number of aromatic nitrogens is 2. The van der Waals surface area contributed by atoms with Gasteiger partial charge in [0.1, 0.15) is 17.7 Å². The lowest BCUT2D eigenvalue weighted by Gasteiger charge is -2.28. The Morgan fingerprint density at radius 1 is 1.12 bits per heavy atom. The normalized spacial score (nSPS) is 12.0. The molecular formula is C33H34ClF3N6O4S. The van der Waals surface area contributed by atoms with Crippen molar-refractivity contribution in [1.29, 1.82) is 5.41 Å². The van der Waals surface area contributed by atoms with Crippen molar-refractivity contribution in [2.45, 2.75) is 49.1 Å². The van der Waals surface area contributed by atoms with Gasteiger partial charge in [0.25, 0.3) is 5.91 Å². The number of thioether (sulfide) groups is 1. The molecule has 0 saturated heterocycles. The van der Waals surface area contributed by atoms with Gasteiger partial charge in [0.2, 0.25) is 0 Å². The maximum absolute atomic E-state index is 15.4. The molecule has 0 spiro atoms. The molecule has 48 heavy (non-hydrogen) atoms. The summed E-state index contributed by atoms with van der Waals surface area (Å²) >= 11 is 7.60. The Labute approximate surface area is 284 Å². The van der Waals surface area contributed by atoms with Crippen LogP contribution in [0.3, 0.4) is 0 Å². The molecule has 15 heteroatoms. The number of aliphatic carboxylic acids is 1. The summed E-state index contributed by atoms with van der Waals surface area (Å²) in [6.07, 6.45) is 1.98. The molecule has 3 aromatic carbocycles. The van der Waals surface area contributed by atoms with Crippen LogP contribution in [-0.4, -0.2) is 52.2 Å². The molecule has 0 aliphatic heterocycles. The predicted molar refractivity (Wildman–Crippen MR) is 178 cm³/mol. The number of carboxylic acid groups (broad SMARTS) is 1. The van der Waals surface area contributed by atoms with Gasteiger partial charge in [-0.05, 0) is 66.9 Å². The van der Waals surface area contributed by atoms with Gasteiger partial charge in [0, 0.05) is 39.5 Å². The summed E-state index contributed by atoms with van der Waals surface area (Å²) in [5.74, 6) is -4.01. The van der Waals surface area contributed by atoms with E-state index in [1.54, 1.807) is 35.0 Å². The summed E-state index contributed by atoms with van der Waals surface area (Å²) in [6, 6.07) is 11.3. The van der Waals surface area contributed by atoms with Crippen LogP contribution >= 0.6 is 23.4 Å². The third kappa shape index (κ3) is 8.42. The van der Waals surface area contributed by atoms with Crippen LogP contribution in [0, 0.1) is 22.9 Å². The molecule has 10 nitrogen and oxygen atoms in total. The third-order valence-corrected chi connectivity index (χ3v) is 8.98. The van der Waals surface area contributed by atoms with Gasteiger partial charge in [-0.1, -0.05) is 43.3 Å². The molecule has 6 N–H and O–H groups in total. The number of nitrogens with zero attached hydrogens (tertiary/aromatic N) is 2. The van der Waals surface area contributed by atoms with Crippen LogP contribution < -0.4 is 21.1 Å². The van der Waals surface area contributed by atoms with E-state index in [9.17, 15) is 23.5 Å². The Kier molecular flexibility index (Phi) is 11.7. The highest BCUT2D eigenvalue weighted by atomic mass is 35.5. The Hall–Kier alpha value is -4.69. The van der Waals surface area contributed by atoms with Crippen LogP contribution in [-0.2, 0) is 16.0 Å².